The number of phenols is 1. The minimum atomic E-state index is 0. The van der Waals surface area contributed by atoms with E-state index in [1.54, 1.807) is 18.2 Å². The Kier molecular flexibility index (Phi) is 4.07. The zero-order chi connectivity index (χ0) is 7.40. The Balaban J connectivity index is 0.000001000. The van der Waals surface area contributed by atoms with Crippen molar-refractivity contribution >= 4 is 0 Å². The van der Waals surface area contributed by atoms with Gasteiger partial charge in [-0.1, -0.05) is 12.1 Å². The summed E-state index contributed by atoms with van der Waals surface area (Å²) < 4.78 is 5.09. The highest BCUT2D eigenvalue weighted by Gasteiger charge is 1.96. The summed E-state index contributed by atoms with van der Waals surface area (Å²) in [5.74, 6) is 0.745. The molecule has 0 heterocycles. The molecule has 0 aliphatic heterocycles. The highest BCUT2D eigenvalue weighted by atomic mass is 16.5. The molecular formula is C8H12O3. The average molecular weight is 156 g/mol. The van der Waals surface area contributed by atoms with Gasteiger partial charge in [0, 0.05) is 0 Å². The standard InChI is InChI=1S/C8H10O2.H2O/c1-2-10-8-6-4-3-5-7(8)9;/h3-6,9H,2H2,1H3;1H2. The number of hydrogen-bond acceptors (Lipinski definition) is 2. The van der Waals surface area contributed by atoms with Crippen molar-refractivity contribution in [1.82, 2.24) is 0 Å². The van der Waals surface area contributed by atoms with Crippen LogP contribution in [0.1, 0.15) is 6.92 Å². The molecule has 0 unspecified atom stereocenters. The molecule has 0 aromatic heterocycles. The van der Waals surface area contributed by atoms with Crippen molar-refractivity contribution in [3.05, 3.63) is 24.3 Å². The van der Waals surface area contributed by atoms with E-state index in [9.17, 15) is 0 Å². The number of aromatic hydroxyl groups is 1. The lowest BCUT2D eigenvalue weighted by molar-refractivity contribution is 0.318. The van der Waals surface area contributed by atoms with Crippen LogP contribution >= 0.6 is 0 Å². The molecular weight excluding hydrogens is 144 g/mol. The molecule has 0 saturated heterocycles. The molecule has 0 bridgehead atoms. The molecule has 0 atom stereocenters. The van der Waals surface area contributed by atoms with Crippen molar-refractivity contribution in [2.75, 3.05) is 6.61 Å². The van der Waals surface area contributed by atoms with E-state index in [2.05, 4.69) is 0 Å². The first kappa shape index (κ1) is 9.78. The van der Waals surface area contributed by atoms with Gasteiger partial charge in [0.1, 0.15) is 0 Å². The van der Waals surface area contributed by atoms with Crippen molar-refractivity contribution in [1.29, 1.82) is 0 Å². The molecule has 3 N–H and O–H groups in total. The van der Waals surface area contributed by atoms with E-state index in [-0.39, 0.29) is 11.2 Å². The second-order valence-electron chi connectivity index (χ2n) is 1.90. The monoisotopic (exact) mass is 156 g/mol. The molecule has 0 aliphatic carbocycles. The minimum absolute atomic E-state index is 0. The Labute approximate surface area is 65.5 Å². The van der Waals surface area contributed by atoms with Crippen LogP contribution in [0.15, 0.2) is 24.3 Å². The second kappa shape index (κ2) is 4.57. The van der Waals surface area contributed by atoms with Gasteiger partial charge in [0.2, 0.25) is 0 Å². The molecule has 0 fully saturated rings. The molecule has 1 aromatic rings. The Morgan fingerprint density at radius 1 is 1.36 bits per heavy atom. The molecule has 62 valence electrons. The van der Waals surface area contributed by atoms with Gasteiger partial charge in [-0.3, -0.25) is 0 Å². The Bertz CT molecular complexity index is 210. The highest BCUT2D eigenvalue weighted by Crippen LogP contribution is 2.23. The predicted molar refractivity (Wildman–Crippen MR) is 42.9 cm³/mol. The molecule has 0 amide bonds. The topological polar surface area (TPSA) is 61.0 Å². The van der Waals surface area contributed by atoms with E-state index in [1.165, 1.54) is 0 Å². The van der Waals surface area contributed by atoms with Gasteiger partial charge in [-0.15, -0.1) is 0 Å². The predicted octanol–water partition coefficient (Wildman–Crippen LogP) is 0.966. The van der Waals surface area contributed by atoms with Crippen LogP contribution in [0, 0.1) is 0 Å². The number of para-hydroxylation sites is 2. The van der Waals surface area contributed by atoms with Crippen molar-refractivity contribution in [2.24, 2.45) is 0 Å². The molecule has 11 heavy (non-hydrogen) atoms. The number of ether oxygens (including phenoxy) is 1. The zero-order valence-corrected chi connectivity index (χ0v) is 6.37. The van der Waals surface area contributed by atoms with Gasteiger partial charge in [-0.25, -0.2) is 0 Å². The highest BCUT2D eigenvalue weighted by molar-refractivity contribution is 5.37. The smallest absolute Gasteiger partial charge is 0.160 e. The molecule has 1 rings (SSSR count). The van der Waals surface area contributed by atoms with Crippen molar-refractivity contribution in [2.45, 2.75) is 6.92 Å². The van der Waals surface area contributed by atoms with Crippen molar-refractivity contribution < 1.29 is 15.3 Å². The van der Waals surface area contributed by atoms with Crippen molar-refractivity contribution in [3.8, 4) is 11.5 Å². The molecule has 0 radical (unpaired) electrons. The lowest BCUT2D eigenvalue weighted by Crippen LogP contribution is -1.90. The van der Waals surface area contributed by atoms with Crippen molar-refractivity contribution in [3.63, 3.8) is 0 Å². The van der Waals surface area contributed by atoms with Gasteiger partial charge in [-0.2, -0.15) is 0 Å². The fourth-order valence-electron chi connectivity index (χ4n) is 0.735. The maximum atomic E-state index is 9.12. The number of benzene rings is 1. The summed E-state index contributed by atoms with van der Waals surface area (Å²) in [4.78, 5) is 0. The minimum Gasteiger partial charge on any atom is -0.504 e. The third-order valence-corrected chi connectivity index (χ3v) is 1.17. The van der Waals surface area contributed by atoms with Crippen LogP contribution in [0.25, 0.3) is 0 Å². The van der Waals surface area contributed by atoms with E-state index in [4.69, 9.17) is 9.84 Å². The molecule has 3 nitrogen and oxygen atoms in total. The second-order valence-corrected chi connectivity index (χ2v) is 1.90. The van der Waals surface area contributed by atoms with Gasteiger partial charge >= 0.3 is 0 Å². The van der Waals surface area contributed by atoms with Crippen LogP contribution < -0.4 is 4.74 Å². The summed E-state index contributed by atoms with van der Waals surface area (Å²) in [5, 5.41) is 9.12. The maximum absolute atomic E-state index is 9.12. The van der Waals surface area contributed by atoms with Crippen LogP contribution in [0.2, 0.25) is 0 Å². The summed E-state index contributed by atoms with van der Waals surface area (Å²) in [5.41, 5.74) is 0. The largest absolute Gasteiger partial charge is 0.504 e. The zero-order valence-electron chi connectivity index (χ0n) is 6.37. The summed E-state index contributed by atoms with van der Waals surface area (Å²) in [6.07, 6.45) is 0. The Morgan fingerprint density at radius 2 is 2.00 bits per heavy atom. The number of hydrogen-bond donors (Lipinski definition) is 1. The third-order valence-electron chi connectivity index (χ3n) is 1.17. The first-order valence-corrected chi connectivity index (χ1v) is 3.25. The van der Waals surface area contributed by atoms with Crippen LogP contribution in [0.4, 0.5) is 0 Å². The third kappa shape index (κ3) is 2.47. The van der Waals surface area contributed by atoms with E-state index in [0.29, 0.717) is 12.4 Å². The van der Waals surface area contributed by atoms with E-state index < -0.39 is 0 Å². The van der Waals surface area contributed by atoms with Crippen LogP contribution in [-0.2, 0) is 0 Å². The van der Waals surface area contributed by atoms with Crippen LogP contribution in [0.3, 0.4) is 0 Å². The molecule has 3 heteroatoms. The summed E-state index contributed by atoms with van der Waals surface area (Å²) in [6, 6.07) is 6.92. The van der Waals surface area contributed by atoms with Gasteiger partial charge in [-0.05, 0) is 19.1 Å². The van der Waals surface area contributed by atoms with Gasteiger partial charge in [0.15, 0.2) is 11.5 Å². The van der Waals surface area contributed by atoms with Gasteiger partial charge in [0.05, 0.1) is 6.61 Å². The van der Waals surface area contributed by atoms with Gasteiger partial charge in [0.25, 0.3) is 0 Å². The SMILES string of the molecule is CCOc1ccccc1O.O. The Morgan fingerprint density at radius 3 is 2.55 bits per heavy atom. The van der Waals surface area contributed by atoms with Gasteiger partial charge < -0.3 is 15.3 Å². The average Bonchev–Trinajstić information content (AvgIpc) is 1.94. The summed E-state index contributed by atoms with van der Waals surface area (Å²) >= 11 is 0. The number of phenolic OH excluding ortho intramolecular Hbond substituents is 1. The first-order chi connectivity index (χ1) is 4.84. The summed E-state index contributed by atoms with van der Waals surface area (Å²) in [7, 11) is 0. The maximum Gasteiger partial charge on any atom is 0.160 e. The lowest BCUT2D eigenvalue weighted by Gasteiger charge is -2.02. The van der Waals surface area contributed by atoms with Crippen LogP contribution in [0.5, 0.6) is 11.5 Å². The van der Waals surface area contributed by atoms with E-state index in [0.717, 1.165) is 0 Å². The molecule has 1 aromatic carbocycles. The fourth-order valence-corrected chi connectivity index (χ4v) is 0.735. The fraction of sp³-hybridized carbons (Fsp3) is 0.250. The lowest BCUT2D eigenvalue weighted by atomic mass is 10.3. The Hall–Kier alpha value is -1.22. The number of rotatable bonds is 2. The van der Waals surface area contributed by atoms with E-state index >= 15 is 0 Å². The van der Waals surface area contributed by atoms with Crippen LogP contribution in [-0.4, -0.2) is 17.2 Å². The quantitative estimate of drug-likeness (QED) is 0.693. The van der Waals surface area contributed by atoms with E-state index in [1.807, 2.05) is 13.0 Å². The molecule has 0 spiro atoms. The first-order valence-electron chi connectivity index (χ1n) is 3.25. The molecule has 0 aliphatic rings. The molecule has 0 saturated carbocycles. The summed E-state index contributed by atoms with van der Waals surface area (Å²) in [6.45, 7) is 2.46. The normalized spacial score (nSPS) is 8.45.